The van der Waals surface area contributed by atoms with Crippen molar-refractivity contribution >= 4 is 0 Å². The first-order valence-electron chi connectivity index (χ1n) is 5.40. The molecule has 0 radical (unpaired) electrons. The van der Waals surface area contributed by atoms with Gasteiger partial charge in [0.25, 0.3) is 0 Å². The molecule has 0 aliphatic heterocycles. The van der Waals surface area contributed by atoms with E-state index in [-0.39, 0.29) is 0 Å². The third kappa shape index (κ3) is 0.979. The van der Waals surface area contributed by atoms with Crippen LogP contribution in [0.25, 0.3) is 0 Å². The minimum absolute atomic E-state index is 0.574. The Hall–Kier alpha value is -0.780. The third-order valence-electron chi connectivity index (χ3n) is 4.12. The van der Waals surface area contributed by atoms with Gasteiger partial charge in [0.15, 0.2) is 0 Å². The number of fused-ring (bicyclic) bond motifs is 2. The van der Waals surface area contributed by atoms with Crippen LogP contribution in [0.15, 0.2) is 36.5 Å². The van der Waals surface area contributed by atoms with Gasteiger partial charge in [0.2, 0.25) is 0 Å². The van der Waals surface area contributed by atoms with Crippen LogP contribution in [0.4, 0.5) is 0 Å². The lowest BCUT2D eigenvalue weighted by molar-refractivity contribution is -0.000448. The Labute approximate surface area is 80.0 Å². The van der Waals surface area contributed by atoms with E-state index in [4.69, 9.17) is 0 Å². The summed E-state index contributed by atoms with van der Waals surface area (Å²) in [5.74, 6) is 1.96. The van der Waals surface area contributed by atoms with Crippen LogP contribution in [0.3, 0.4) is 0 Å². The smallest absolute Gasteiger partial charge is 0.00438 e. The van der Waals surface area contributed by atoms with E-state index in [0.29, 0.717) is 5.41 Å². The second kappa shape index (κ2) is 2.60. The highest BCUT2D eigenvalue weighted by Crippen LogP contribution is 2.59. The molecule has 0 aromatic heterocycles. The number of hydrogen-bond donors (Lipinski definition) is 0. The van der Waals surface area contributed by atoms with Gasteiger partial charge >= 0.3 is 0 Å². The summed E-state index contributed by atoms with van der Waals surface area (Å²) in [6.45, 7) is 0. The molecule has 0 saturated heterocycles. The summed E-state index contributed by atoms with van der Waals surface area (Å²) in [7, 11) is 0. The maximum Gasteiger partial charge on any atom is -0.00438 e. The Bertz CT molecular complexity index is 295. The monoisotopic (exact) mass is 172 g/mol. The highest BCUT2D eigenvalue weighted by atomic mass is 14.5. The van der Waals surface area contributed by atoms with Gasteiger partial charge in [-0.15, -0.1) is 0 Å². The Kier molecular flexibility index (Phi) is 1.52. The molecule has 0 nitrogen and oxygen atoms in total. The van der Waals surface area contributed by atoms with Crippen molar-refractivity contribution in [1.29, 1.82) is 0 Å². The van der Waals surface area contributed by atoms with E-state index >= 15 is 0 Å². The summed E-state index contributed by atoms with van der Waals surface area (Å²) < 4.78 is 0. The van der Waals surface area contributed by atoms with Crippen LogP contribution >= 0.6 is 0 Å². The highest BCUT2D eigenvalue weighted by Gasteiger charge is 2.50. The number of rotatable bonds is 0. The molecule has 1 fully saturated rings. The molecule has 0 amide bonds. The normalized spacial score (nSPS) is 46.2. The summed E-state index contributed by atoms with van der Waals surface area (Å²) >= 11 is 0. The Morgan fingerprint density at radius 2 is 1.92 bits per heavy atom. The summed E-state index contributed by atoms with van der Waals surface area (Å²) in [5, 5.41) is 0. The lowest BCUT2D eigenvalue weighted by Gasteiger charge is -2.55. The van der Waals surface area contributed by atoms with Gasteiger partial charge in [0.05, 0.1) is 0 Å². The predicted octanol–water partition coefficient (Wildman–Crippen LogP) is 3.48. The number of hydrogen-bond acceptors (Lipinski definition) is 0. The Morgan fingerprint density at radius 1 is 1.00 bits per heavy atom. The predicted molar refractivity (Wildman–Crippen MR) is 55.3 cm³/mol. The van der Waals surface area contributed by atoms with E-state index in [1.165, 1.54) is 25.7 Å². The minimum Gasteiger partial charge on any atom is -0.0882 e. The molecule has 3 aliphatic rings. The van der Waals surface area contributed by atoms with Crippen molar-refractivity contribution < 1.29 is 0 Å². The lowest BCUT2D eigenvalue weighted by Crippen LogP contribution is -2.47. The van der Waals surface area contributed by atoms with Crippen molar-refractivity contribution in [2.24, 2.45) is 17.3 Å². The van der Waals surface area contributed by atoms with E-state index in [2.05, 4.69) is 36.5 Å². The van der Waals surface area contributed by atoms with Crippen LogP contribution in [-0.4, -0.2) is 0 Å². The molecule has 1 saturated carbocycles. The fraction of sp³-hybridized carbons (Fsp3) is 0.538. The average Bonchev–Trinajstić information content (AvgIpc) is 2.18. The largest absolute Gasteiger partial charge is 0.0882 e. The molecular formula is C13H16. The van der Waals surface area contributed by atoms with Gasteiger partial charge in [0, 0.05) is 0 Å². The van der Waals surface area contributed by atoms with Gasteiger partial charge in [0.1, 0.15) is 0 Å². The molecule has 1 spiro atoms. The quantitative estimate of drug-likeness (QED) is 0.491. The van der Waals surface area contributed by atoms with Gasteiger partial charge < -0.3 is 0 Å². The fourth-order valence-corrected chi connectivity index (χ4v) is 3.39. The molecule has 3 rings (SSSR count). The third-order valence-corrected chi connectivity index (χ3v) is 4.12. The van der Waals surface area contributed by atoms with E-state index < -0.39 is 0 Å². The van der Waals surface area contributed by atoms with Crippen molar-refractivity contribution in [3.63, 3.8) is 0 Å². The zero-order chi connectivity index (χ0) is 8.73. The van der Waals surface area contributed by atoms with Gasteiger partial charge in [-0.2, -0.15) is 0 Å². The Morgan fingerprint density at radius 3 is 2.69 bits per heavy atom. The van der Waals surface area contributed by atoms with Crippen LogP contribution in [-0.2, 0) is 0 Å². The van der Waals surface area contributed by atoms with E-state index in [1.807, 2.05) is 0 Å². The zero-order valence-electron chi connectivity index (χ0n) is 7.95. The van der Waals surface area contributed by atoms with E-state index in [9.17, 15) is 0 Å². The van der Waals surface area contributed by atoms with Crippen molar-refractivity contribution in [3.05, 3.63) is 36.5 Å². The molecule has 13 heavy (non-hydrogen) atoms. The van der Waals surface area contributed by atoms with Crippen molar-refractivity contribution in [2.75, 3.05) is 0 Å². The second-order valence-corrected chi connectivity index (χ2v) is 4.74. The summed E-state index contributed by atoms with van der Waals surface area (Å²) in [5.41, 5.74) is 0.574. The Balaban J connectivity index is 1.85. The van der Waals surface area contributed by atoms with Crippen molar-refractivity contribution in [2.45, 2.75) is 25.7 Å². The maximum atomic E-state index is 2.47. The van der Waals surface area contributed by atoms with Crippen molar-refractivity contribution in [1.82, 2.24) is 0 Å². The zero-order valence-corrected chi connectivity index (χ0v) is 7.95. The van der Waals surface area contributed by atoms with Crippen molar-refractivity contribution in [3.8, 4) is 0 Å². The highest BCUT2D eigenvalue weighted by molar-refractivity contribution is 5.24. The molecule has 0 bridgehead atoms. The summed E-state index contributed by atoms with van der Waals surface area (Å²) in [6.07, 6.45) is 19.4. The van der Waals surface area contributed by atoms with Gasteiger partial charge in [-0.1, -0.05) is 36.5 Å². The molecule has 3 unspecified atom stereocenters. The second-order valence-electron chi connectivity index (χ2n) is 4.74. The SMILES string of the molecule is C1=CCC2(C=C1)CC1CC=CCC12. The van der Waals surface area contributed by atoms with Crippen LogP contribution < -0.4 is 0 Å². The minimum atomic E-state index is 0.574. The molecule has 68 valence electrons. The molecule has 0 N–H and O–H groups in total. The first kappa shape index (κ1) is 7.61. The lowest BCUT2D eigenvalue weighted by atomic mass is 9.49. The topological polar surface area (TPSA) is 0 Å². The molecule has 0 heteroatoms. The fourth-order valence-electron chi connectivity index (χ4n) is 3.39. The van der Waals surface area contributed by atoms with Gasteiger partial charge in [-0.3, -0.25) is 0 Å². The molecule has 3 atom stereocenters. The first-order chi connectivity index (χ1) is 6.41. The molecular weight excluding hydrogens is 156 g/mol. The molecule has 0 aromatic carbocycles. The van der Waals surface area contributed by atoms with Gasteiger partial charge in [-0.05, 0) is 42.9 Å². The maximum absolute atomic E-state index is 2.47. The molecule has 0 aromatic rings. The van der Waals surface area contributed by atoms with E-state index in [1.54, 1.807) is 0 Å². The summed E-state index contributed by atoms with van der Waals surface area (Å²) in [6, 6.07) is 0. The average molecular weight is 172 g/mol. The van der Waals surface area contributed by atoms with Crippen LogP contribution in [0.1, 0.15) is 25.7 Å². The standard InChI is InChI=1S/C13H16/c1-4-8-13(9-5-1)10-11-6-2-3-7-12(11)13/h1-5,8,11-12H,6-7,9-10H2. The number of allylic oxidation sites excluding steroid dienone is 6. The van der Waals surface area contributed by atoms with Crippen LogP contribution in [0, 0.1) is 17.3 Å². The summed E-state index contributed by atoms with van der Waals surface area (Å²) in [4.78, 5) is 0. The van der Waals surface area contributed by atoms with Crippen LogP contribution in [0.5, 0.6) is 0 Å². The first-order valence-corrected chi connectivity index (χ1v) is 5.40. The van der Waals surface area contributed by atoms with E-state index in [0.717, 1.165) is 11.8 Å². The molecule has 0 heterocycles. The van der Waals surface area contributed by atoms with Gasteiger partial charge in [-0.25, -0.2) is 0 Å². The molecule has 3 aliphatic carbocycles. The van der Waals surface area contributed by atoms with Crippen LogP contribution in [0.2, 0.25) is 0 Å².